The molecule has 140 valence electrons. The summed E-state index contributed by atoms with van der Waals surface area (Å²) in [6.45, 7) is 4.09. The standard InChI is InChI=1S/C19H16Cl2N2O4/c1-3-23-13(8-12-6-10(2)27-22-12)9-16(24)17(19(25)26)18(23)11-4-5-14(20)15(21)7-11/h4-7,9H,3,8H2,1-2H3,(H,25,26). The molecule has 0 atom stereocenters. The third kappa shape index (κ3) is 3.77. The van der Waals surface area contributed by atoms with Crippen molar-refractivity contribution in [3.8, 4) is 11.3 Å². The Kier molecular flexibility index (Phi) is 5.39. The van der Waals surface area contributed by atoms with Gasteiger partial charge in [0, 0.05) is 36.4 Å². The van der Waals surface area contributed by atoms with Crippen LogP contribution in [-0.4, -0.2) is 20.8 Å². The number of halogens is 2. The molecule has 0 bridgehead atoms. The number of nitrogens with zero attached hydrogens (tertiary/aromatic N) is 2. The van der Waals surface area contributed by atoms with E-state index in [1.54, 1.807) is 35.8 Å². The smallest absolute Gasteiger partial charge is 0.341 e. The third-order valence-corrected chi connectivity index (χ3v) is 4.90. The monoisotopic (exact) mass is 406 g/mol. The summed E-state index contributed by atoms with van der Waals surface area (Å²) in [5.74, 6) is -0.644. The highest BCUT2D eigenvalue weighted by molar-refractivity contribution is 6.42. The van der Waals surface area contributed by atoms with Crippen molar-refractivity contribution < 1.29 is 14.4 Å². The van der Waals surface area contributed by atoms with Gasteiger partial charge in [0.2, 0.25) is 0 Å². The lowest BCUT2D eigenvalue weighted by atomic mass is 10.0. The van der Waals surface area contributed by atoms with Crippen LogP contribution >= 0.6 is 23.2 Å². The molecule has 0 radical (unpaired) electrons. The Morgan fingerprint density at radius 3 is 2.52 bits per heavy atom. The molecule has 0 aliphatic carbocycles. The number of carboxylic acid groups (broad SMARTS) is 1. The van der Waals surface area contributed by atoms with Crippen LogP contribution in [-0.2, 0) is 13.0 Å². The van der Waals surface area contributed by atoms with Crippen molar-refractivity contribution >= 4 is 29.2 Å². The van der Waals surface area contributed by atoms with Crippen molar-refractivity contribution in [3.05, 3.63) is 73.3 Å². The van der Waals surface area contributed by atoms with Gasteiger partial charge in [0.1, 0.15) is 11.3 Å². The number of pyridine rings is 1. The highest BCUT2D eigenvalue weighted by Crippen LogP contribution is 2.31. The van der Waals surface area contributed by atoms with E-state index < -0.39 is 11.4 Å². The maximum absolute atomic E-state index is 12.6. The maximum Gasteiger partial charge on any atom is 0.341 e. The minimum atomic E-state index is -1.30. The van der Waals surface area contributed by atoms with Crippen LogP contribution in [0.1, 0.15) is 34.4 Å². The van der Waals surface area contributed by atoms with Crippen molar-refractivity contribution in [1.82, 2.24) is 9.72 Å². The Morgan fingerprint density at radius 2 is 1.96 bits per heavy atom. The molecule has 3 aromatic rings. The van der Waals surface area contributed by atoms with Gasteiger partial charge in [-0.05, 0) is 26.0 Å². The van der Waals surface area contributed by atoms with Crippen molar-refractivity contribution in [2.24, 2.45) is 0 Å². The van der Waals surface area contributed by atoms with Gasteiger partial charge in [0.25, 0.3) is 0 Å². The number of carboxylic acids is 1. The van der Waals surface area contributed by atoms with Crippen LogP contribution in [0.2, 0.25) is 10.0 Å². The molecule has 8 heteroatoms. The van der Waals surface area contributed by atoms with Gasteiger partial charge in [0.05, 0.1) is 21.4 Å². The summed E-state index contributed by atoms with van der Waals surface area (Å²) < 4.78 is 6.85. The molecule has 1 aromatic carbocycles. The summed E-state index contributed by atoms with van der Waals surface area (Å²) in [5, 5.41) is 14.2. The second-order valence-electron chi connectivity index (χ2n) is 6.01. The molecule has 3 rings (SSSR count). The lowest BCUT2D eigenvalue weighted by Gasteiger charge is -2.19. The lowest BCUT2D eigenvalue weighted by Crippen LogP contribution is -2.23. The molecule has 0 fully saturated rings. The van der Waals surface area contributed by atoms with E-state index in [0.717, 1.165) is 0 Å². The summed E-state index contributed by atoms with van der Waals surface area (Å²) in [7, 11) is 0. The Labute approximate surface area is 164 Å². The van der Waals surface area contributed by atoms with Crippen molar-refractivity contribution in [2.75, 3.05) is 0 Å². The van der Waals surface area contributed by atoms with Gasteiger partial charge in [-0.2, -0.15) is 0 Å². The number of aryl methyl sites for hydroxylation is 1. The topological polar surface area (TPSA) is 85.3 Å². The summed E-state index contributed by atoms with van der Waals surface area (Å²) in [6.07, 6.45) is 0.328. The first-order chi connectivity index (χ1) is 12.8. The van der Waals surface area contributed by atoms with Gasteiger partial charge in [-0.1, -0.05) is 34.4 Å². The number of rotatable bonds is 5. The predicted octanol–water partition coefficient (Wildman–Crippen LogP) is 4.43. The van der Waals surface area contributed by atoms with E-state index in [2.05, 4.69) is 5.16 Å². The van der Waals surface area contributed by atoms with Crippen LogP contribution in [0.5, 0.6) is 0 Å². The summed E-state index contributed by atoms with van der Waals surface area (Å²) in [6, 6.07) is 7.88. The SMILES string of the molecule is CCn1c(Cc2cc(C)on2)cc(=O)c(C(=O)O)c1-c1ccc(Cl)c(Cl)c1. The Bertz CT molecular complexity index is 1090. The fourth-order valence-corrected chi connectivity index (χ4v) is 3.34. The van der Waals surface area contributed by atoms with Crippen LogP contribution in [0.4, 0.5) is 0 Å². The van der Waals surface area contributed by atoms with Crippen LogP contribution in [0, 0.1) is 6.92 Å². The Balaban J connectivity index is 2.29. The van der Waals surface area contributed by atoms with Crippen LogP contribution in [0.25, 0.3) is 11.3 Å². The van der Waals surface area contributed by atoms with E-state index in [4.69, 9.17) is 27.7 Å². The molecule has 0 saturated carbocycles. The molecule has 0 amide bonds. The zero-order valence-corrected chi connectivity index (χ0v) is 16.1. The number of aromatic nitrogens is 2. The molecule has 0 aliphatic rings. The molecule has 0 spiro atoms. The maximum atomic E-state index is 12.6. The second kappa shape index (κ2) is 7.58. The molecule has 0 saturated heterocycles. The van der Waals surface area contributed by atoms with E-state index in [-0.39, 0.29) is 16.3 Å². The molecular formula is C19H16Cl2N2O4. The van der Waals surface area contributed by atoms with Crippen molar-refractivity contribution in [3.63, 3.8) is 0 Å². The predicted molar refractivity (Wildman–Crippen MR) is 103 cm³/mol. The largest absolute Gasteiger partial charge is 0.477 e. The first-order valence-corrected chi connectivity index (χ1v) is 8.95. The van der Waals surface area contributed by atoms with E-state index >= 15 is 0 Å². The zero-order chi connectivity index (χ0) is 19.7. The second-order valence-corrected chi connectivity index (χ2v) is 6.82. The molecule has 0 aliphatic heterocycles. The first kappa shape index (κ1) is 19.2. The summed E-state index contributed by atoms with van der Waals surface area (Å²) in [5.41, 5.74) is 1.17. The van der Waals surface area contributed by atoms with Crippen LogP contribution < -0.4 is 5.43 Å². The molecule has 2 heterocycles. The molecule has 2 aromatic heterocycles. The number of hydrogen-bond donors (Lipinski definition) is 1. The van der Waals surface area contributed by atoms with E-state index in [1.165, 1.54) is 6.07 Å². The normalized spacial score (nSPS) is 11.0. The Hall–Kier alpha value is -2.57. The fourth-order valence-electron chi connectivity index (χ4n) is 3.04. The van der Waals surface area contributed by atoms with Gasteiger partial charge >= 0.3 is 5.97 Å². The van der Waals surface area contributed by atoms with Gasteiger partial charge in [0.15, 0.2) is 5.43 Å². The summed E-state index contributed by atoms with van der Waals surface area (Å²) in [4.78, 5) is 24.4. The number of hydrogen-bond acceptors (Lipinski definition) is 4. The average Bonchev–Trinajstić information content (AvgIpc) is 3.01. The van der Waals surface area contributed by atoms with E-state index in [0.29, 0.717) is 40.7 Å². The minimum Gasteiger partial charge on any atom is -0.477 e. The molecule has 6 nitrogen and oxygen atoms in total. The van der Waals surface area contributed by atoms with E-state index in [9.17, 15) is 14.7 Å². The average molecular weight is 407 g/mol. The highest BCUT2D eigenvalue weighted by Gasteiger charge is 2.22. The van der Waals surface area contributed by atoms with Crippen molar-refractivity contribution in [2.45, 2.75) is 26.8 Å². The number of aromatic carboxylic acids is 1. The van der Waals surface area contributed by atoms with Crippen LogP contribution in [0.3, 0.4) is 0 Å². The molecular weight excluding hydrogens is 391 g/mol. The highest BCUT2D eigenvalue weighted by atomic mass is 35.5. The molecule has 1 N–H and O–H groups in total. The van der Waals surface area contributed by atoms with Crippen LogP contribution in [0.15, 0.2) is 39.6 Å². The number of carbonyl (C=O) groups is 1. The van der Waals surface area contributed by atoms with Gasteiger partial charge in [-0.15, -0.1) is 0 Å². The lowest BCUT2D eigenvalue weighted by molar-refractivity contribution is 0.0695. The van der Waals surface area contributed by atoms with Gasteiger partial charge in [-0.3, -0.25) is 4.79 Å². The fraction of sp³-hybridized carbons (Fsp3) is 0.211. The first-order valence-electron chi connectivity index (χ1n) is 8.19. The van der Waals surface area contributed by atoms with Gasteiger partial charge in [-0.25, -0.2) is 4.79 Å². The van der Waals surface area contributed by atoms with E-state index in [1.807, 2.05) is 6.92 Å². The molecule has 27 heavy (non-hydrogen) atoms. The zero-order valence-electron chi connectivity index (χ0n) is 14.6. The van der Waals surface area contributed by atoms with Gasteiger partial charge < -0.3 is 14.2 Å². The summed E-state index contributed by atoms with van der Waals surface area (Å²) >= 11 is 12.1. The van der Waals surface area contributed by atoms with Crippen molar-refractivity contribution in [1.29, 1.82) is 0 Å². The molecule has 0 unspecified atom stereocenters. The quantitative estimate of drug-likeness (QED) is 0.677. The third-order valence-electron chi connectivity index (χ3n) is 4.16. The minimum absolute atomic E-state index is 0.276. The Morgan fingerprint density at radius 1 is 1.22 bits per heavy atom. The number of benzene rings is 1.